The Morgan fingerprint density at radius 2 is 2.10 bits per heavy atom. The van der Waals surface area contributed by atoms with Crippen LogP contribution in [0.2, 0.25) is 0 Å². The monoisotopic (exact) mass is 299 g/mol. The first-order valence-electron chi connectivity index (χ1n) is 7.09. The van der Waals surface area contributed by atoms with E-state index in [4.69, 9.17) is 0 Å². The fraction of sp³-hybridized carbons (Fsp3) is 0.533. The van der Waals surface area contributed by atoms with Gasteiger partial charge in [0.25, 0.3) is 0 Å². The van der Waals surface area contributed by atoms with E-state index in [0.717, 1.165) is 30.2 Å². The van der Waals surface area contributed by atoms with Crippen LogP contribution in [0.3, 0.4) is 0 Å². The summed E-state index contributed by atoms with van der Waals surface area (Å²) in [5, 5.41) is 3.24. The molecule has 0 saturated heterocycles. The normalized spacial score (nSPS) is 16.0. The SMILES string of the molecule is CCNCc1cc(C)nc(N2CC=C(C(F)(F)F)CC2)c1. The zero-order chi connectivity index (χ0) is 15.5. The van der Waals surface area contributed by atoms with Crippen molar-refractivity contribution in [1.82, 2.24) is 10.3 Å². The minimum absolute atomic E-state index is 0.0155. The van der Waals surface area contributed by atoms with Gasteiger partial charge in [-0.3, -0.25) is 0 Å². The Morgan fingerprint density at radius 3 is 2.67 bits per heavy atom. The molecule has 1 aromatic heterocycles. The first-order valence-corrected chi connectivity index (χ1v) is 7.09. The summed E-state index contributed by atoms with van der Waals surface area (Å²) in [6.07, 6.45) is -2.93. The highest BCUT2D eigenvalue weighted by molar-refractivity contribution is 5.45. The van der Waals surface area contributed by atoms with Crippen molar-refractivity contribution in [3.8, 4) is 0 Å². The minimum atomic E-state index is -4.21. The molecular formula is C15H20F3N3. The number of hydrogen-bond donors (Lipinski definition) is 1. The van der Waals surface area contributed by atoms with Crippen LogP contribution in [0.4, 0.5) is 19.0 Å². The van der Waals surface area contributed by atoms with E-state index in [1.807, 2.05) is 30.9 Å². The lowest BCUT2D eigenvalue weighted by molar-refractivity contribution is -0.0944. The first kappa shape index (κ1) is 15.8. The Labute approximate surface area is 122 Å². The van der Waals surface area contributed by atoms with Gasteiger partial charge in [-0.25, -0.2) is 4.98 Å². The molecule has 6 heteroatoms. The van der Waals surface area contributed by atoms with Gasteiger partial charge in [0.15, 0.2) is 0 Å². The van der Waals surface area contributed by atoms with E-state index < -0.39 is 11.7 Å². The van der Waals surface area contributed by atoms with Gasteiger partial charge in [-0.2, -0.15) is 13.2 Å². The third-order valence-corrected chi connectivity index (χ3v) is 3.48. The minimum Gasteiger partial charge on any atom is -0.353 e. The van der Waals surface area contributed by atoms with E-state index in [2.05, 4.69) is 10.3 Å². The van der Waals surface area contributed by atoms with E-state index in [9.17, 15) is 13.2 Å². The van der Waals surface area contributed by atoms with Crippen LogP contribution in [0.5, 0.6) is 0 Å². The van der Waals surface area contributed by atoms with Gasteiger partial charge < -0.3 is 10.2 Å². The number of halogens is 3. The lowest BCUT2D eigenvalue weighted by atomic mass is 10.1. The summed E-state index contributed by atoms with van der Waals surface area (Å²) >= 11 is 0. The quantitative estimate of drug-likeness (QED) is 0.865. The maximum absolute atomic E-state index is 12.6. The molecule has 1 aliphatic heterocycles. The molecule has 0 aromatic carbocycles. The maximum Gasteiger partial charge on any atom is 0.412 e. The number of hydrogen-bond acceptors (Lipinski definition) is 3. The molecule has 116 valence electrons. The van der Waals surface area contributed by atoms with Crippen LogP contribution in [-0.2, 0) is 6.54 Å². The van der Waals surface area contributed by atoms with Gasteiger partial charge in [-0.05, 0) is 37.6 Å². The number of pyridine rings is 1. The van der Waals surface area contributed by atoms with Crippen molar-refractivity contribution in [2.45, 2.75) is 33.0 Å². The van der Waals surface area contributed by atoms with E-state index in [1.54, 1.807) is 0 Å². The highest BCUT2D eigenvalue weighted by Crippen LogP contribution is 2.31. The van der Waals surface area contributed by atoms with Crippen LogP contribution in [0.1, 0.15) is 24.6 Å². The van der Waals surface area contributed by atoms with Crippen LogP contribution in [0, 0.1) is 6.92 Å². The molecular weight excluding hydrogens is 279 g/mol. The summed E-state index contributed by atoms with van der Waals surface area (Å²) < 4.78 is 37.9. The number of rotatable bonds is 4. The Bertz CT molecular complexity index is 523. The highest BCUT2D eigenvalue weighted by Gasteiger charge is 2.34. The van der Waals surface area contributed by atoms with Gasteiger partial charge in [0, 0.05) is 30.9 Å². The average Bonchev–Trinajstić information content (AvgIpc) is 2.44. The topological polar surface area (TPSA) is 28.2 Å². The number of aryl methyl sites for hydroxylation is 1. The Hall–Kier alpha value is -1.56. The first-order chi connectivity index (χ1) is 9.90. The van der Waals surface area contributed by atoms with Gasteiger partial charge in [-0.1, -0.05) is 13.0 Å². The molecule has 2 rings (SSSR count). The number of nitrogens with zero attached hydrogens (tertiary/aromatic N) is 2. The van der Waals surface area contributed by atoms with E-state index >= 15 is 0 Å². The van der Waals surface area contributed by atoms with Gasteiger partial charge in [0.1, 0.15) is 5.82 Å². The van der Waals surface area contributed by atoms with Gasteiger partial charge in [-0.15, -0.1) is 0 Å². The fourth-order valence-corrected chi connectivity index (χ4v) is 2.39. The molecule has 3 nitrogen and oxygen atoms in total. The largest absolute Gasteiger partial charge is 0.412 e. The van der Waals surface area contributed by atoms with Crippen molar-refractivity contribution in [1.29, 1.82) is 0 Å². The lowest BCUT2D eigenvalue weighted by Crippen LogP contribution is -2.32. The molecule has 0 unspecified atom stereocenters. The molecule has 0 aliphatic carbocycles. The van der Waals surface area contributed by atoms with E-state index in [-0.39, 0.29) is 13.0 Å². The standard InChI is InChI=1S/C15H20F3N3/c1-3-19-10-12-8-11(2)20-14(9-12)21-6-4-13(5-7-21)15(16,17)18/h4,8-9,19H,3,5-7,10H2,1-2H3. The Kier molecular flexibility index (Phi) is 4.88. The molecule has 1 aromatic rings. The summed E-state index contributed by atoms with van der Waals surface area (Å²) in [6, 6.07) is 3.94. The average molecular weight is 299 g/mol. The van der Waals surface area contributed by atoms with Crippen molar-refractivity contribution in [3.05, 3.63) is 35.0 Å². The third-order valence-electron chi connectivity index (χ3n) is 3.48. The number of aromatic nitrogens is 1. The van der Waals surface area contributed by atoms with Crippen molar-refractivity contribution >= 4 is 5.82 Å². The van der Waals surface area contributed by atoms with Crippen LogP contribution < -0.4 is 10.2 Å². The van der Waals surface area contributed by atoms with Crippen LogP contribution in [0.25, 0.3) is 0 Å². The second-order valence-electron chi connectivity index (χ2n) is 5.18. The van der Waals surface area contributed by atoms with Gasteiger partial charge in [0.05, 0.1) is 0 Å². The molecule has 0 fully saturated rings. The van der Waals surface area contributed by atoms with Crippen molar-refractivity contribution in [3.63, 3.8) is 0 Å². The molecule has 0 atom stereocenters. The fourth-order valence-electron chi connectivity index (χ4n) is 2.39. The summed E-state index contributed by atoms with van der Waals surface area (Å²) in [7, 11) is 0. The summed E-state index contributed by atoms with van der Waals surface area (Å²) in [6.45, 7) is 6.15. The van der Waals surface area contributed by atoms with Gasteiger partial charge >= 0.3 is 6.18 Å². The Morgan fingerprint density at radius 1 is 1.33 bits per heavy atom. The molecule has 1 N–H and O–H groups in total. The third kappa shape index (κ3) is 4.20. The molecule has 0 bridgehead atoms. The second kappa shape index (κ2) is 6.47. The Balaban J connectivity index is 2.13. The zero-order valence-corrected chi connectivity index (χ0v) is 12.3. The molecule has 21 heavy (non-hydrogen) atoms. The highest BCUT2D eigenvalue weighted by atomic mass is 19.4. The zero-order valence-electron chi connectivity index (χ0n) is 12.3. The van der Waals surface area contributed by atoms with Crippen molar-refractivity contribution < 1.29 is 13.2 Å². The van der Waals surface area contributed by atoms with E-state index in [0.29, 0.717) is 6.54 Å². The van der Waals surface area contributed by atoms with Crippen LogP contribution in [-0.4, -0.2) is 30.8 Å². The van der Waals surface area contributed by atoms with Gasteiger partial charge in [0.2, 0.25) is 0 Å². The predicted octanol–water partition coefficient (Wildman–Crippen LogP) is 3.20. The summed E-state index contributed by atoms with van der Waals surface area (Å²) in [5.41, 5.74) is 1.55. The molecule has 0 spiro atoms. The van der Waals surface area contributed by atoms with E-state index in [1.165, 1.54) is 6.08 Å². The number of alkyl halides is 3. The number of nitrogens with one attached hydrogen (secondary N) is 1. The van der Waals surface area contributed by atoms with Crippen LogP contribution >= 0.6 is 0 Å². The predicted molar refractivity (Wildman–Crippen MR) is 77.3 cm³/mol. The summed E-state index contributed by atoms with van der Waals surface area (Å²) in [5.74, 6) is 0.750. The smallest absolute Gasteiger partial charge is 0.353 e. The second-order valence-corrected chi connectivity index (χ2v) is 5.18. The molecule has 0 saturated carbocycles. The molecule has 0 amide bonds. The lowest BCUT2D eigenvalue weighted by Gasteiger charge is -2.28. The molecule has 1 aliphatic rings. The van der Waals surface area contributed by atoms with Crippen LogP contribution in [0.15, 0.2) is 23.8 Å². The molecule has 2 heterocycles. The van der Waals surface area contributed by atoms with Crippen molar-refractivity contribution in [2.24, 2.45) is 0 Å². The molecule has 0 radical (unpaired) electrons. The summed E-state index contributed by atoms with van der Waals surface area (Å²) in [4.78, 5) is 6.33. The van der Waals surface area contributed by atoms with Crippen molar-refractivity contribution in [2.75, 3.05) is 24.5 Å². The maximum atomic E-state index is 12.6. The number of anilines is 1.